The van der Waals surface area contributed by atoms with Gasteiger partial charge in [-0.3, -0.25) is 14.6 Å². The first-order valence-corrected chi connectivity index (χ1v) is 4.24. The molecule has 0 spiro atoms. The van der Waals surface area contributed by atoms with E-state index >= 15 is 0 Å². The first kappa shape index (κ1) is 9.48. The van der Waals surface area contributed by atoms with Crippen molar-refractivity contribution >= 4 is 6.41 Å². The van der Waals surface area contributed by atoms with Crippen LogP contribution in [0.15, 0.2) is 0 Å². The zero-order valence-corrected chi connectivity index (χ0v) is 8.03. The molecule has 0 aromatic carbocycles. The predicted molar refractivity (Wildman–Crippen MR) is 47.5 cm³/mol. The smallest absolute Gasteiger partial charge is 0.211 e. The van der Waals surface area contributed by atoms with Crippen molar-refractivity contribution in [2.45, 2.75) is 12.7 Å². The van der Waals surface area contributed by atoms with Crippen molar-refractivity contribution in [2.75, 3.05) is 34.2 Å². The first-order chi connectivity index (χ1) is 5.66. The van der Waals surface area contributed by atoms with Crippen molar-refractivity contribution in [3.05, 3.63) is 0 Å². The maximum Gasteiger partial charge on any atom is 0.211 e. The Morgan fingerprint density at radius 2 is 2.08 bits per heavy atom. The van der Waals surface area contributed by atoms with Crippen molar-refractivity contribution < 1.29 is 4.79 Å². The van der Waals surface area contributed by atoms with Crippen LogP contribution < -0.4 is 0 Å². The summed E-state index contributed by atoms with van der Waals surface area (Å²) in [5.41, 5.74) is 0. The highest BCUT2D eigenvalue weighted by Crippen LogP contribution is 2.11. The topological polar surface area (TPSA) is 26.8 Å². The van der Waals surface area contributed by atoms with Gasteiger partial charge in [0.15, 0.2) is 0 Å². The third-order valence-corrected chi connectivity index (χ3v) is 2.22. The summed E-state index contributed by atoms with van der Waals surface area (Å²) in [6.07, 6.45) is 2.14. The molecule has 1 rings (SSSR count). The largest absolute Gasteiger partial charge is 0.316 e. The van der Waals surface area contributed by atoms with Gasteiger partial charge in [-0.05, 0) is 27.6 Å². The third-order valence-electron chi connectivity index (χ3n) is 2.22. The van der Waals surface area contributed by atoms with Crippen LogP contribution in [0.2, 0.25) is 0 Å². The summed E-state index contributed by atoms with van der Waals surface area (Å²) in [5, 5.41) is 0. The highest BCUT2D eigenvalue weighted by Gasteiger charge is 2.26. The second-order valence-electron chi connectivity index (χ2n) is 3.49. The number of amides is 1. The molecular weight excluding hydrogens is 154 g/mol. The summed E-state index contributed by atoms with van der Waals surface area (Å²) >= 11 is 0. The van der Waals surface area contributed by atoms with E-state index in [9.17, 15) is 4.79 Å². The molecule has 70 valence electrons. The third kappa shape index (κ3) is 1.76. The van der Waals surface area contributed by atoms with E-state index in [1.807, 2.05) is 30.9 Å². The van der Waals surface area contributed by atoms with E-state index in [0.29, 0.717) is 0 Å². The van der Waals surface area contributed by atoms with Crippen molar-refractivity contribution in [1.82, 2.24) is 14.7 Å². The van der Waals surface area contributed by atoms with Gasteiger partial charge >= 0.3 is 0 Å². The van der Waals surface area contributed by atoms with E-state index < -0.39 is 0 Å². The quantitative estimate of drug-likeness (QED) is 0.530. The van der Waals surface area contributed by atoms with Crippen molar-refractivity contribution in [3.63, 3.8) is 0 Å². The summed E-state index contributed by atoms with van der Waals surface area (Å²) in [6, 6.07) is 0. The molecule has 1 atom stereocenters. The number of hydrogen-bond acceptors (Lipinski definition) is 3. The maximum atomic E-state index is 10.7. The van der Waals surface area contributed by atoms with Gasteiger partial charge in [-0.25, -0.2) is 0 Å². The van der Waals surface area contributed by atoms with Gasteiger partial charge in [0.1, 0.15) is 6.29 Å². The molecule has 0 bridgehead atoms. The van der Waals surface area contributed by atoms with E-state index in [-0.39, 0.29) is 6.29 Å². The van der Waals surface area contributed by atoms with Gasteiger partial charge < -0.3 is 4.90 Å². The Bertz CT molecular complexity index is 160. The molecule has 0 aromatic rings. The Hall–Kier alpha value is -0.610. The van der Waals surface area contributed by atoms with Gasteiger partial charge in [0.05, 0.1) is 0 Å². The van der Waals surface area contributed by atoms with Crippen molar-refractivity contribution in [3.8, 4) is 0 Å². The Morgan fingerprint density at radius 3 is 2.50 bits per heavy atom. The Morgan fingerprint density at radius 1 is 1.42 bits per heavy atom. The van der Waals surface area contributed by atoms with Gasteiger partial charge in [-0.1, -0.05) is 0 Å². The number of nitrogens with zero attached hydrogens (tertiary/aromatic N) is 3. The summed E-state index contributed by atoms with van der Waals surface area (Å²) in [4.78, 5) is 16.7. The molecule has 1 fully saturated rings. The molecule has 4 heteroatoms. The summed E-state index contributed by atoms with van der Waals surface area (Å²) in [6.45, 7) is 1.93. The van der Waals surface area contributed by atoms with Crippen LogP contribution in [0, 0.1) is 0 Å². The summed E-state index contributed by atoms with van der Waals surface area (Å²) < 4.78 is 0. The fourth-order valence-corrected chi connectivity index (χ4v) is 1.78. The molecule has 1 aliphatic rings. The monoisotopic (exact) mass is 171 g/mol. The van der Waals surface area contributed by atoms with E-state index in [1.54, 1.807) is 0 Å². The van der Waals surface area contributed by atoms with Gasteiger partial charge in [-0.2, -0.15) is 0 Å². The van der Waals surface area contributed by atoms with E-state index in [2.05, 4.69) is 4.90 Å². The van der Waals surface area contributed by atoms with Gasteiger partial charge in [-0.15, -0.1) is 0 Å². The highest BCUT2D eigenvalue weighted by molar-refractivity contribution is 5.47. The molecule has 1 amide bonds. The normalized spacial score (nSPS) is 26.3. The standard InChI is InChI=1S/C8H17N3O/c1-9(2)8-10(3)5-4-6-11(8)7-12/h7-8H,4-6H2,1-3H3. The Kier molecular flexibility index (Phi) is 3.05. The lowest BCUT2D eigenvalue weighted by atomic mass is 10.3. The van der Waals surface area contributed by atoms with Gasteiger partial charge in [0.25, 0.3) is 0 Å². The molecule has 0 aromatic heterocycles. The predicted octanol–water partition coefficient (Wildman–Crippen LogP) is -0.374. The van der Waals surface area contributed by atoms with E-state index in [4.69, 9.17) is 0 Å². The fourth-order valence-electron chi connectivity index (χ4n) is 1.78. The molecule has 0 aliphatic carbocycles. The van der Waals surface area contributed by atoms with Crippen LogP contribution in [-0.2, 0) is 4.79 Å². The fraction of sp³-hybridized carbons (Fsp3) is 0.875. The average molecular weight is 171 g/mol. The molecule has 1 aliphatic heterocycles. The van der Waals surface area contributed by atoms with Crippen LogP contribution >= 0.6 is 0 Å². The molecule has 0 saturated carbocycles. The molecule has 1 heterocycles. The number of carbonyl (C=O) groups is 1. The zero-order chi connectivity index (χ0) is 9.14. The van der Waals surface area contributed by atoms with Crippen LogP contribution in [0.5, 0.6) is 0 Å². The molecule has 1 saturated heterocycles. The Balaban J connectivity index is 2.65. The average Bonchev–Trinajstić information content (AvgIpc) is 2.03. The van der Waals surface area contributed by atoms with Gasteiger partial charge in [0.2, 0.25) is 6.41 Å². The SMILES string of the molecule is CN(C)C1N(C)CCCN1C=O. The second kappa shape index (κ2) is 3.87. The Labute approximate surface area is 73.7 Å². The van der Waals surface area contributed by atoms with E-state index in [1.165, 1.54) is 0 Å². The molecule has 4 nitrogen and oxygen atoms in total. The minimum absolute atomic E-state index is 0.135. The van der Waals surface area contributed by atoms with E-state index in [0.717, 1.165) is 25.9 Å². The molecule has 1 unspecified atom stereocenters. The minimum Gasteiger partial charge on any atom is -0.316 e. The van der Waals surface area contributed by atoms with Crippen molar-refractivity contribution in [2.24, 2.45) is 0 Å². The molecule has 0 N–H and O–H groups in total. The highest BCUT2D eigenvalue weighted by atomic mass is 16.1. The van der Waals surface area contributed by atoms with Crippen molar-refractivity contribution in [1.29, 1.82) is 0 Å². The molecule has 12 heavy (non-hydrogen) atoms. The number of carbonyl (C=O) groups excluding carboxylic acids is 1. The number of rotatable bonds is 2. The van der Waals surface area contributed by atoms with Crippen LogP contribution in [-0.4, -0.2) is 61.6 Å². The lowest BCUT2D eigenvalue weighted by molar-refractivity contribution is -0.135. The maximum absolute atomic E-state index is 10.7. The summed E-state index contributed by atoms with van der Waals surface area (Å²) in [7, 11) is 6.02. The zero-order valence-electron chi connectivity index (χ0n) is 8.03. The number of hydrogen-bond donors (Lipinski definition) is 0. The van der Waals surface area contributed by atoms with Gasteiger partial charge in [0, 0.05) is 13.1 Å². The molecule has 0 radical (unpaired) electrons. The van der Waals surface area contributed by atoms with Crippen LogP contribution in [0.1, 0.15) is 6.42 Å². The lowest BCUT2D eigenvalue weighted by Gasteiger charge is -2.43. The lowest BCUT2D eigenvalue weighted by Crippen LogP contribution is -2.58. The first-order valence-electron chi connectivity index (χ1n) is 4.24. The van der Waals surface area contributed by atoms with Crippen LogP contribution in [0.4, 0.5) is 0 Å². The van der Waals surface area contributed by atoms with Crippen LogP contribution in [0.25, 0.3) is 0 Å². The van der Waals surface area contributed by atoms with Crippen LogP contribution in [0.3, 0.4) is 0 Å². The summed E-state index contributed by atoms with van der Waals surface area (Å²) in [5.74, 6) is 0. The molecular formula is C8H17N3O. The minimum atomic E-state index is 0.135. The second-order valence-corrected chi connectivity index (χ2v) is 3.49.